The molecule has 11 rings (SSSR count). The summed E-state index contributed by atoms with van der Waals surface area (Å²) in [6, 6.07) is 43.3. The lowest BCUT2D eigenvalue weighted by atomic mass is 10.0. The summed E-state index contributed by atoms with van der Waals surface area (Å²) >= 11 is 0. The Kier molecular flexibility index (Phi) is 5.57. The molecule has 0 N–H and O–H groups in total. The Morgan fingerprint density at radius 3 is 1.64 bits per heavy atom. The molecule has 262 valence electrons. The molecule has 0 amide bonds. The van der Waals surface area contributed by atoms with Gasteiger partial charge in [-0.3, -0.25) is 4.57 Å². The largest absolute Gasteiger partial charge is 0.309 e. The summed E-state index contributed by atoms with van der Waals surface area (Å²) < 4.78 is 82.6. The van der Waals surface area contributed by atoms with Crippen molar-refractivity contribution in [1.29, 1.82) is 0 Å². The molecule has 5 heteroatoms. The monoisotopic (exact) mass is 724 g/mol. The summed E-state index contributed by atoms with van der Waals surface area (Å²) in [5.41, 5.74) is 7.15. The first kappa shape index (κ1) is 23.9. The van der Waals surface area contributed by atoms with E-state index in [2.05, 4.69) is 36.4 Å². The van der Waals surface area contributed by atoms with Gasteiger partial charge in [-0.25, -0.2) is 4.98 Å². The highest BCUT2D eigenvalue weighted by Gasteiger charge is 2.22. The zero-order chi connectivity index (χ0) is 44.8. The standard InChI is InChI=1S/C51H33N5/c1-4-16-34(17-5-1)37-28-30-47-42(32-37)43-33-38(35-18-6-2-7-19-35)29-31-48(43)56(47)51-53-49(36-20-8-3-9-21-36)52-50(54-51)41-24-12-15-27-46(41)55-44-25-13-10-22-39(44)40-23-11-14-26-45(40)55/h1-33H/i3D,8D,9D,10D,13D,20D,21D,22D,25D. The van der Waals surface area contributed by atoms with Crippen LogP contribution < -0.4 is 0 Å². The number of hydrogen-bond donors (Lipinski definition) is 0. The number of nitrogens with zero attached hydrogens (tertiary/aromatic N) is 5. The van der Waals surface area contributed by atoms with E-state index < -0.39 is 30.2 Å². The lowest BCUT2D eigenvalue weighted by molar-refractivity contribution is 0.952. The molecule has 0 aliphatic heterocycles. The Labute approximate surface area is 336 Å². The Morgan fingerprint density at radius 2 is 0.929 bits per heavy atom. The molecule has 3 aromatic heterocycles. The van der Waals surface area contributed by atoms with Gasteiger partial charge in [-0.05, 0) is 70.8 Å². The van der Waals surface area contributed by atoms with Crippen molar-refractivity contribution >= 4 is 43.6 Å². The highest BCUT2D eigenvalue weighted by molar-refractivity contribution is 6.12. The van der Waals surface area contributed by atoms with Crippen LogP contribution in [0, 0.1) is 0 Å². The van der Waals surface area contributed by atoms with Crippen molar-refractivity contribution < 1.29 is 12.3 Å². The van der Waals surface area contributed by atoms with Crippen LogP contribution in [0.2, 0.25) is 0 Å². The summed E-state index contributed by atoms with van der Waals surface area (Å²) in [6.45, 7) is 0. The van der Waals surface area contributed by atoms with Gasteiger partial charge in [0.25, 0.3) is 0 Å². The first-order valence-corrected chi connectivity index (χ1v) is 18.1. The van der Waals surface area contributed by atoms with Gasteiger partial charge in [0.05, 0.1) is 40.1 Å². The molecular formula is C51H33N5. The zero-order valence-electron chi connectivity index (χ0n) is 38.6. The second kappa shape index (κ2) is 13.0. The van der Waals surface area contributed by atoms with E-state index in [-0.39, 0.29) is 52.8 Å². The summed E-state index contributed by atoms with van der Waals surface area (Å²) in [4.78, 5) is 15.1. The number of para-hydroxylation sites is 3. The highest BCUT2D eigenvalue weighted by atomic mass is 15.2. The van der Waals surface area contributed by atoms with Gasteiger partial charge >= 0.3 is 0 Å². The second-order valence-electron chi connectivity index (χ2n) is 13.4. The fraction of sp³-hybridized carbons (Fsp3) is 0. The van der Waals surface area contributed by atoms with Gasteiger partial charge in [0, 0.05) is 32.7 Å². The van der Waals surface area contributed by atoms with E-state index in [1.807, 2.05) is 102 Å². The van der Waals surface area contributed by atoms with Gasteiger partial charge in [-0.2, -0.15) is 9.97 Å². The number of rotatable bonds is 6. The molecule has 0 aliphatic carbocycles. The first-order valence-electron chi connectivity index (χ1n) is 22.6. The summed E-state index contributed by atoms with van der Waals surface area (Å²) in [5.74, 6) is 0.0596. The van der Waals surface area contributed by atoms with Crippen LogP contribution in [0.15, 0.2) is 200 Å². The minimum absolute atomic E-state index is 0.0935. The minimum Gasteiger partial charge on any atom is -0.309 e. The van der Waals surface area contributed by atoms with Crippen LogP contribution in [0.25, 0.3) is 100 Å². The number of aromatic nitrogens is 5. The molecule has 56 heavy (non-hydrogen) atoms. The van der Waals surface area contributed by atoms with Gasteiger partial charge in [-0.15, -0.1) is 0 Å². The van der Waals surface area contributed by atoms with Crippen LogP contribution >= 0.6 is 0 Å². The highest BCUT2D eigenvalue weighted by Crippen LogP contribution is 2.39. The molecule has 11 aromatic rings. The van der Waals surface area contributed by atoms with Gasteiger partial charge in [-0.1, -0.05) is 151 Å². The van der Waals surface area contributed by atoms with Crippen LogP contribution in [-0.4, -0.2) is 24.1 Å². The van der Waals surface area contributed by atoms with Gasteiger partial charge < -0.3 is 4.57 Å². The van der Waals surface area contributed by atoms with E-state index in [0.29, 0.717) is 27.5 Å². The molecule has 0 saturated carbocycles. The minimum atomic E-state index is -0.551. The van der Waals surface area contributed by atoms with Crippen LogP contribution in [0.5, 0.6) is 0 Å². The fourth-order valence-electron chi connectivity index (χ4n) is 7.69. The van der Waals surface area contributed by atoms with Crippen molar-refractivity contribution in [2.45, 2.75) is 0 Å². The van der Waals surface area contributed by atoms with Crippen LogP contribution in [0.3, 0.4) is 0 Å². The molecule has 5 nitrogen and oxygen atoms in total. The maximum Gasteiger partial charge on any atom is 0.238 e. The number of benzene rings is 8. The Balaban J connectivity index is 1.25. The lowest BCUT2D eigenvalue weighted by Crippen LogP contribution is -2.07. The smallest absolute Gasteiger partial charge is 0.238 e. The van der Waals surface area contributed by atoms with Crippen molar-refractivity contribution in [3.8, 4) is 56.7 Å². The van der Waals surface area contributed by atoms with E-state index in [4.69, 9.17) is 27.3 Å². The third-order valence-electron chi connectivity index (χ3n) is 10.2. The molecule has 3 heterocycles. The maximum absolute atomic E-state index is 9.15. The predicted molar refractivity (Wildman–Crippen MR) is 230 cm³/mol. The van der Waals surface area contributed by atoms with E-state index in [9.17, 15) is 0 Å². The lowest BCUT2D eigenvalue weighted by Gasteiger charge is -2.15. The van der Waals surface area contributed by atoms with E-state index in [1.54, 1.807) is 16.7 Å². The molecule has 0 atom stereocenters. The quantitative estimate of drug-likeness (QED) is 0.172. The first-order chi connectivity index (χ1) is 31.5. The topological polar surface area (TPSA) is 48.5 Å². The van der Waals surface area contributed by atoms with Gasteiger partial charge in [0.2, 0.25) is 5.95 Å². The average molecular weight is 725 g/mol. The Bertz CT molecular complexity index is 3650. The van der Waals surface area contributed by atoms with Crippen molar-refractivity contribution in [2.75, 3.05) is 0 Å². The Hall–Kier alpha value is -7.63. The van der Waals surface area contributed by atoms with Crippen molar-refractivity contribution in [3.63, 3.8) is 0 Å². The van der Waals surface area contributed by atoms with Crippen LogP contribution in [0.1, 0.15) is 12.3 Å². The molecular weight excluding hydrogens is 683 g/mol. The van der Waals surface area contributed by atoms with E-state index in [1.165, 1.54) is 0 Å². The Morgan fingerprint density at radius 1 is 0.357 bits per heavy atom. The summed E-state index contributed by atoms with van der Waals surface area (Å²) in [6.07, 6.45) is 0. The fourth-order valence-corrected chi connectivity index (χ4v) is 7.69. The molecule has 0 radical (unpaired) electrons. The molecule has 0 unspecified atom stereocenters. The normalized spacial score (nSPS) is 13.8. The molecule has 0 spiro atoms. The van der Waals surface area contributed by atoms with E-state index in [0.717, 1.165) is 44.1 Å². The third-order valence-corrected chi connectivity index (χ3v) is 10.2. The van der Waals surface area contributed by atoms with Gasteiger partial charge in [0.1, 0.15) is 0 Å². The second-order valence-corrected chi connectivity index (χ2v) is 13.4. The van der Waals surface area contributed by atoms with Crippen LogP contribution in [0.4, 0.5) is 0 Å². The molecule has 0 fully saturated rings. The van der Waals surface area contributed by atoms with Crippen molar-refractivity contribution in [1.82, 2.24) is 24.1 Å². The van der Waals surface area contributed by atoms with Crippen molar-refractivity contribution in [2.24, 2.45) is 0 Å². The predicted octanol–water partition coefficient (Wildman–Crippen LogP) is 12.7. The maximum atomic E-state index is 9.15. The number of hydrogen-bond acceptors (Lipinski definition) is 3. The molecule has 8 aromatic carbocycles. The SMILES string of the molecule is [2H]c1c([2H])c([2H])c(-c2nc(-c3ccccc3-n3c4ccccc4c4c([2H])c([2H])c([2H])c([2H])c43)nc(-n3c4ccc(-c5ccccc5)cc4c4cc(-c5ccccc5)ccc43)n2)c([2H])c1[2H]. The molecule has 0 bridgehead atoms. The third kappa shape index (κ3) is 5.21. The van der Waals surface area contributed by atoms with Gasteiger partial charge in [0.15, 0.2) is 11.6 Å². The average Bonchev–Trinajstić information content (AvgIpc) is 3.87. The van der Waals surface area contributed by atoms with E-state index >= 15 is 0 Å². The van der Waals surface area contributed by atoms with Crippen molar-refractivity contribution in [3.05, 3.63) is 200 Å². The summed E-state index contributed by atoms with van der Waals surface area (Å²) in [5, 5.41) is 2.79. The summed E-state index contributed by atoms with van der Waals surface area (Å²) in [7, 11) is 0. The molecule has 0 aliphatic rings. The van der Waals surface area contributed by atoms with Crippen LogP contribution in [-0.2, 0) is 0 Å². The molecule has 0 saturated heterocycles. The number of fused-ring (bicyclic) bond motifs is 6. The zero-order valence-corrected chi connectivity index (χ0v) is 29.6.